The predicted octanol–water partition coefficient (Wildman–Crippen LogP) is 13.2. The van der Waals surface area contributed by atoms with Crippen molar-refractivity contribution in [2.45, 2.75) is 0 Å². The van der Waals surface area contributed by atoms with Crippen molar-refractivity contribution in [3.63, 3.8) is 0 Å². The molecule has 0 aliphatic heterocycles. The molecule has 1 nitrogen and oxygen atoms in total. The average molecular weight is 605 g/mol. The molecule has 0 aliphatic rings. The molecule has 0 saturated carbocycles. The summed E-state index contributed by atoms with van der Waals surface area (Å²) in [5.74, 6) is 0. The zero-order chi connectivity index (χ0) is 37.9. The van der Waals surface area contributed by atoms with Gasteiger partial charge in [-0.15, -0.1) is 0 Å². The molecule has 0 amide bonds. The van der Waals surface area contributed by atoms with Crippen LogP contribution in [0.15, 0.2) is 174 Å². The second-order valence-corrected chi connectivity index (χ2v) is 11.9. The number of hydrogen-bond acceptors (Lipinski definition) is 1. The van der Waals surface area contributed by atoms with Gasteiger partial charge in [-0.3, -0.25) is 0 Å². The van der Waals surface area contributed by atoms with Crippen molar-refractivity contribution >= 4 is 65.0 Å². The third-order valence-electron chi connectivity index (χ3n) is 9.25. The van der Waals surface area contributed by atoms with Crippen LogP contribution in [-0.2, 0) is 0 Å². The Balaban J connectivity index is 1.30. The molecule has 0 N–H and O–H groups in total. The van der Waals surface area contributed by atoms with Gasteiger partial charge in [-0.1, -0.05) is 133 Å². The Morgan fingerprint density at radius 2 is 0.809 bits per heavy atom. The quantitative estimate of drug-likeness (QED) is 0.183. The van der Waals surface area contributed by atoms with Crippen LogP contribution < -0.4 is 0 Å². The maximum absolute atomic E-state index is 9.33. The Bertz CT molecular complexity index is 3230. The summed E-state index contributed by atoms with van der Waals surface area (Å²) in [7, 11) is 0. The Kier molecular flexibility index (Phi) is 4.19. The molecule has 1 heterocycles. The van der Waals surface area contributed by atoms with Crippen molar-refractivity contribution in [2.75, 3.05) is 0 Å². The SMILES string of the molecule is [2H]c1c([2H])c([2H])c2c(-c3ccc4ccc(-c5ccc6c(c5)oc5ccccc56)cc4c3)c3c([2H])c([2H])c([2H])c([2H])c3c(-c3ccc4ccccc4c3)c2c1[2H]. The summed E-state index contributed by atoms with van der Waals surface area (Å²) in [6.45, 7) is 0. The third kappa shape index (κ3) is 4.10. The van der Waals surface area contributed by atoms with E-state index in [4.69, 9.17) is 9.90 Å². The van der Waals surface area contributed by atoms with Crippen LogP contribution in [0.25, 0.3) is 98.4 Å². The van der Waals surface area contributed by atoms with Gasteiger partial charge in [0.15, 0.2) is 0 Å². The van der Waals surface area contributed by atoms with Gasteiger partial charge >= 0.3 is 0 Å². The molecule has 0 saturated heterocycles. The van der Waals surface area contributed by atoms with E-state index in [0.29, 0.717) is 22.3 Å². The van der Waals surface area contributed by atoms with E-state index in [9.17, 15) is 5.48 Å². The molecular formula is C46H28O. The summed E-state index contributed by atoms with van der Waals surface area (Å²) in [5.41, 5.74) is 5.30. The minimum atomic E-state index is -0.424. The lowest BCUT2D eigenvalue weighted by Gasteiger charge is -2.18. The fourth-order valence-electron chi connectivity index (χ4n) is 7.03. The maximum Gasteiger partial charge on any atom is 0.136 e. The first-order valence-corrected chi connectivity index (χ1v) is 15.5. The van der Waals surface area contributed by atoms with E-state index in [0.717, 1.165) is 54.6 Å². The summed E-state index contributed by atoms with van der Waals surface area (Å²) >= 11 is 0. The average Bonchev–Trinajstić information content (AvgIpc) is 3.59. The number of rotatable bonds is 3. The Morgan fingerprint density at radius 3 is 1.49 bits per heavy atom. The first-order valence-electron chi connectivity index (χ1n) is 19.5. The summed E-state index contributed by atoms with van der Waals surface area (Å²) in [6.07, 6.45) is 0. The lowest BCUT2D eigenvalue weighted by atomic mass is 9.85. The van der Waals surface area contributed by atoms with E-state index < -0.39 is 24.2 Å². The molecule has 1 heteroatoms. The van der Waals surface area contributed by atoms with E-state index in [-0.39, 0.29) is 45.7 Å². The van der Waals surface area contributed by atoms with Crippen LogP contribution in [-0.4, -0.2) is 0 Å². The molecule has 0 bridgehead atoms. The van der Waals surface area contributed by atoms with Gasteiger partial charge in [0.2, 0.25) is 0 Å². The molecule has 218 valence electrons. The lowest BCUT2D eigenvalue weighted by Crippen LogP contribution is -1.91. The Morgan fingerprint density at radius 1 is 0.340 bits per heavy atom. The van der Waals surface area contributed by atoms with Gasteiger partial charge < -0.3 is 4.42 Å². The van der Waals surface area contributed by atoms with E-state index in [1.54, 1.807) is 0 Å². The fourth-order valence-corrected chi connectivity index (χ4v) is 7.03. The number of para-hydroxylation sites is 1. The van der Waals surface area contributed by atoms with Crippen molar-refractivity contribution < 1.29 is 15.4 Å². The summed E-state index contributed by atoms with van der Waals surface area (Å²) < 4.78 is 78.5. The van der Waals surface area contributed by atoms with Crippen molar-refractivity contribution in [2.24, 2.45) is 0 Å². The first kappa shape index (κ1) is 19.4. The molecule has 10 aromatic rings. The molecule has 0 spiro atoms. The van der Waals surface area contributed by atoms with Gasteiger partial charge in [0, 0.05) is 10.8 Å². The summed E-state index contributed by atoms with van der Waals surface area (Å²) in [6, 6.07) is 36.6. The number of benzene rings is 9. The van der Waals surface area contributed by atoms with Crippen molar-refractivity contribution in [3.8, 4) is 33.4 Å². The highest BCUT2D eigenvalue weighted by Gasteiger charge is 2.17. The zero-order valence-corrected chi connectivity index (χ0v) is 25.0. The maximum atomic E-state index is 9.33. The monoisotopic (exact) mass is 604 g/mol. The molecule has 0 unspecified atom stereocenters. The molecule has 1 aromatic heterocycles. The van der Waals surface area contributed by atoms with Gasteiger partial charge in [0.25, 0.3) is 0 Å². The van der Waals surface area contributed by atoms with Crippen LogP contribution >= 0.6 is 0 Å². The number of furan rings is 1. The number of hydrogen-bond donors (Lipinski definition) is 0. The second kappa shape index (κ2) is 10.2. The molecule has 0 radical (unpaired) electrons. The van der Waals surface area contributed by atoms with Crippen LogP contribution in [0.2, 0.25) is 0 Å². The highest BCUT2D eigenvalue weighted by atomic mass is 16.3. The van der Waals surface area contributed by atoms with E-state index in [1.165, 1.54) is 0 Å². The predicted molar refractivity (Wildman–Crippen MR) is 200 cm³/mol. The minimum Gasteiger partial charge on any atom is -0.456 e. The fraction of sp³-hybridized carbons (Fsp3) is 0. The highest BCUT2D eigenvalue weighted by molar-refractivity contribution is 6.22. The van der Waals surface area contributed by atoms with Crippen LogP contribution in [0.5, 0.6) is 0 Å². The third-order valence-corrected chi connectivity index (χ3v) is 9.25. The summed E-state index contributed by atoms with van der Waals surface area (Å²) in [4.78, 5) is 0. The van der Waals surface area contributed by atoms with Gasteiger partial charge in [0.1, 0.15) is 11.2 Å². The van der Waals surface area contributed by atoms with E-state index in [2.05, 4.69) is 18.2 Å². The topological polar surface area (TPSA) is 13.1 Å². The van der Waals surface area contributed by atoms with Gasteiger partial charge in [-0.05, 0) is 113 Å². The van der Waals surface area contributed by atoms with Crippen molar-refractivity contribution in [1.82, 2.24) is 0 Å². The van der Waals surface area contributed by atoms with E-state index in [1.807, 2.05) is 103 Å². The largest absolute Gasteiger partial charge is 0.456 e. The molecule has 0 aliphatic carbocycles. The van der Waals surface area contributed by atoms with Crippen molar-refractivity contribution in [3.05, 3.63) is 170 Å². The first-order chi connectivity index (χ1) is 26.6. The highest BCUT2D eigenvalue weighted by Crippen LogP contribution is 2.44. The minimum absolute atomic E-state index is 0.192. The molecule has 0 atom stereocenters. The normalized spacial score (nSPS) is 14.2. The van der Waals surface area contributed by atoms with Crippen LogP contribution in [0, 0.1) is 0 Å². The lowest BCUT2D eigenvalue weighted by molar-refractivity contribution is 0.669. The van der Waals surface area contributed by atoms with Gasteiger partial charge in [-0.25, -0.2) is 0 Å². The number of fused-ring (bicyclic) bond motifs is 7. The van der Waals surface area contributed by atoms with E-state index >= 15 is 0 Å². The molecular weight excluding hydrogens is 569 g/mol. The van der Waals surface area contributed by atoms with Crippen LogP contribution in [0.1, 0.15) is 11.0 Å². The second-order valence-electron chi connectivity index (χ2n) is 11.9. The summed E-state index contributed by atoms with van der Waals surface area (Å²) in [5, 5.41) is 6.49. The van der Waals surface area contributed by atoms with Crippen LogP contribution in [0.3, 0.4) is 0 Å². The van der Waals surface area contributed by atoms with Crippen molar-refractivity contribution in [1.29, 1.82) is 0 Å². The van der Waals surface area contributed by atoms with Crippen LogP contribution in [0.4, 0.5) is 0 Å². The molecule has 0 fully saturated rings. The zero-order valence-electron chi connectivity index (χ0n) is 33.0. The molecule has 10 rings (SSSR count). The van der Waals surface area contributed by atoms with Gasteiger partial charge in [0.05, 0.1) is 11.0 Å². The molecule has 47 heavy (non-hydrogen) atoms. The standard InChI is InChI=1S/C46H28O/c1-2-10-31-25-34(21-18-29(31)9-1)45-39-12-3-5-14-41(39)46(42-15-6-4-13-40(42)45)35-22-19-30-17-20-32(26-36(30)27-35)33-23-24-38-37-11-7-8-16-43(37)47-44(38)28-33/h1-28H/i3D,4D,5D,6D,12D,13D,14D,15D. The smallest absolute Gasteiger partial charge is 0.136 e. The Labute approximate surface area is 283 Å². The van der Waals surface area contributed by atoms with Gasteiger partial charge in [-0.2, -0.15) is 0 Å². The Hall–Kier alpha value is -6.18. The molecule has 9 aromatic carbocycles.